The maximum Gasteiger partial charge on any atom is 0.344 e. The first-order chi connectivity index (χ1) is 15.6. The molecule has 1 aromatic heterocycles. The van der Waals surface area contributed by atoms with Gasteiger partial charge in [-0.3, -0.25) is 14.9 Å². The molecule has 33 heavy (non-hydrogen) atoms. The summed E-state index contributed by atoms with van der Waals surface area (Å²) in [6.45, 7) is 5.17. The summed E-state index contributed by atoms with van der Waals surface area (Å²) in [5, 5.41) is 25.1. The SMILES string of the molecule is CC[C@H](C)c1nc2ccc(Br)cc2c(=O)n1N=Cc1ccc(O[C@H](C)C(=O)O)c([N+](=O)[O-])c1. The largest absolute Gasteiger partial charge is 0.479 e. The molecule has 0 aliphatic rings. The third-order valence-corrected chi connectivity index (χ3v) is 5.53. The van der Waals surface area contributed by atoms with E-state index in [9.17, 15) is 19.7 Å². The fourth-order valence-electron chi connectivity index (χ4n) is 3.00. The predicted octanol–water partition coefficient (Wildman–Crippen LogP) is 4.31. The van der Waals surface area contributed by atoms with Crippen molar-refractivity contribution in [1.82, 2.24) is 9.66 Å². The van der Waals surface area contributed by atoms with Crippen LogP contribution in [0.5, 0.6) is 5.75 Å². The summed E-state index contributed by atoms with van der Waals surface area (Å²) in [4.78, 5) is 39.6. The van der Waals surface area contributed by atoms with Crippen LogP contribution in [-0.2, 0) is 4.79 Å². The van der Waals surface area contributed by atoms with E-state index in [4.69, 9.17) is 9.84 Å². The highest BCUT2D eigenvalue weighted by Gasteiger charge is 2.21. The number of hydrogen-bond donors (Lipinski definition) is 1. The molecular formula is C22H21BrN4O6. The molecular weight excluding hydrogens is 496 g/mol. The summed E-state index contributed by atoms with van der Waals surface area (Å²) in [5.41, 5.74) is 0.0997. The normalized spacial score (nSPS) is 13.2. The van der Waals surface area contributed by atoms with E-state index in [-0.39, 0.29) is 17.2 Å². The molecule has 0 saturated heterocycles. The number of fused-ring (bicyclic) bond motifs is 1. The molecule has 0 aliphatic carbocycles. The van der Waals surface area contributed by atoms with Crippen molar-refractivity contribution in [2.75, 3.05) is 0 Å². The van der Waals surface area contributed by atoms with Crippen LogP contribution >= 0.6 is 15.9 Å². The minimum Gasteiger partial charge on any atom is -0.479 e. The van der Waals surface area contributed by atoms with Gasteiger partial charge in [-0.15, -0.1) is 0 Å². The fraction of sp³-hybridized carbons (Fsp3) is 0.273. The van der Waals surface area contributed by atoms with Crippen LogP contribution in [0, 0.1) is 10.1 Å². The number of carbonyl (C=O) groups is 1. The third kappa shape index (κ3) is 5.25. The molecule has 3 aromatic rings. The van der Waals surface area contributed by atoms with Gasteiger partial charge in [-0.05, 0) is 43.7 Å². The topological polar surface area (TPSA) is 137 Å². The van der Waals surface area contributed by atoms with Gasteiger partial charge in [0.25, 0.3) is 5.56 Å². The second kappa shape index (κ2) is 9.90. The van der Waals surface area contributed by atoms with Crippen molar-refractivity contribution in [3.8, 4) is 5.75 Å². The van der Waals surface area contributed by atoms with E-state index in [1.165, 1.54) is 36.0 Å². The lowest BCUT2D eigenvalue weighted by Gasteiger charge is -2.14. The zero-order chi connectivity index (χ0) is 24.3. The lowest BCUT2D eigenvalue weighted by molar-refractivity contribution is -0.386. The van der Waals surface area contributed by atoms with E-state index in [0.29, 0.717) is 22.3 Å². The molecule has 3 rings (SSSR count). The Hall–Kier alpha value is -3.60. The average molecular weight is 517 g/mol. The van der Waals surface area contributed by atoms with Crippen molar-refractivity contribution in [2.24, 2.45) is 5.10 Å². The Labute approximate surface area is 196 Å². The Balaban J connectivity index is 2.08. The van der Waals surface area contributed by atoms with Gasteiger partial charge in [0.2, 0.25) is 0 Å². The number of carboxylic acids is 1. The second-order valence-corrected chi connectivity index (χ2v) is 8.30. The van der Waals surface area contributed by atoms with Crippen LogP contribution in [-0.4, -0.2) is 38.0 Å². The van der Waals surface area contributed by atoms with Crippen LogP contribution in [0.4, 0.5) is 5.69 Å². The van der Waals surface area contributed by atoms with Gasteiger partial charge >= 0.3 is 11.7 Å². The molecule has 172 valence electrons. The molecule has 0 fully saturated rings. The van der Waals surface area contributed by atoms with Gasteiger partial charge in [0.15, 0.2) is 11.9 Å². The van der Waals surface area contributed by atoms with Crippen LogP contribution in [0.3, 0.4) is 0 Å². The number of nitro groups is 1. The minimum atomic E-state index is -1.26. The second-order valence-electron chi connectivity index (χ2n) is 7.38. The third-order valence-electron chi connectivity index (χ3n) is 5.04. The molecule has 11 heteroatoms. The number of hydrogen-bond acceptors (Lipinski definition) is 7. The molecule has 2 atom stereocenters. The quantitative estimate of drug-likeness (QED) is 0.267. The first-order valence-electron chi connectivity index (χ1n) is 10.1. The minimum absolute atomic E-state index is 0.0643. The highest BCUT2D eigenvalue weighted by atomic mass is 79.9. The number of aliphatic carboxylic acids is 1. The van der Waals surface area contributed by atoms with Crippen molar-refractivity contribution < 1.29 is 19.6 Å². The van der Waals surface area contributed by atoms with Gasteiger partial charge in [-0.25, -0.2) is 9.78 Å². The number of nitro benzene ring substituents is 1. The van der Waals surface area contributed by atoms with Crippen molar-refractivity contribution in [3.63, 3.8) is 0 Å². The molecule has 1 N–H and O–H groups in total. The smallest absolute Gasteiger partial charge is 0.344 e. The van der Waals surface area contributed by atoms with Crippen LogP contribution in [0.15, 0.2) is 50.8 Å². The molecule has 0 spiro atoms. The maximum absolute atomic E-state index is 13.2. The fourth-order valence-corrected chi connectivity index (χ4v) is 3.36. The van der Waals surface area contributed by atoms with Gasteiger partial charge in [0, 0.05) is 22.0 Å². The molecule has 0 saturated carbocycles. The highest BCUT2D eigenvalue weighted by molar-refractivity contribution is 9.10. The number of halogens is 1. The predicted molar refractivity (Wildman–Crippen MR) is 126 cm³/mol. The molecule has 0 amide bonds. The number of nitrogens with zero attached hydrogens (tertiary/aromatic N) is 4. The molecule has 0 aliphatic heterocycles. The molecule has 0 radical (unpaired) electrons. The average Bonchev–Trinajstić information content (AvgIpc) is 2.78. The van der Waals surface area contributed by atoms with E-state index in [1.807, 2.05) is 13.8 Å². The lowest BCUT2D eigenvalue weighted by Crippen LogP contribution is -2.24. The Morgan fingerprint density at radius 1 is 1.33 bits per heavy atom. The van der Waals surface area contributed by atoms with Crippen molar-refractivity contribution >= 4 is 44.7 Å². The van der Waals surface area contributed by atoms with Gasteiger partial charge in [-0.2, -0.15) is 9.78 Å². The number of aromatic nitrogens is 2. The Bertz CT molecular complexity index is 1320. The summed E-state index contributed by atoms with van der Waals surface area (Å²) in [7, 11) is 0. The summed E-state index contributed by atoms with van der Waals surface area (Å²) >= 11 is 3.36. The Morgan fingerprint density at radius 2 is 2.06 bits per heavy atom. The van der Waals surface area contributed by atoms with Crippen LogP contribution < -0.4 is 10.3 Å². The first-order valence-corrected chi connectivity index (χ1v) is 10.9. The summed E-state index contributed by atoms with van der Waals surface area (Å²) in [6, 6.07) is 9.20. The lowest BCUT2D eigenvalue weighted by atomic mass is 10.1. The molecule has 0 unspecified atom stereocenters. The number of rotatable bonds is 8. The highest BCUT2D eigenvalue weighted by Crippen LogP contribution is 2.28. The van der Waals surface area contributed by atoms with Gasteiger partial charge in [0.05, 0.1) is 22.0 Å². The van der Waals surface area contributed by atoms with Gasteiger partial charge < -0.3 is 9.84 Å². The van der Waals surface area contributed by atoms with Crippen molar-refractivity contribution in [3.05, 3.63) is 72.7 Å². The number of carboxylic acid groups (broad SMARTS) is 1. The van der Waals surface area contributed by atoms with Crippen molar-refractivity contribution in [2.45, 2.75) is 39.2 Å². The molecule has 0 bridgehead atoms. The van der Waals surface area contributed by atoms with E-state index in [0.717, 1.165) is 10.9 Å². The zero-order valence-electron chi connectivity index (χ0n) is 18.1. The molecule has 1 heterocycles. The monoisotopic (exact) mass is 516 g/mol. The van der Waals surface area contributed by atoms with Gasteiger partial charge in [-0.1, -0.05) is 29.8 Å². The van der Waals surface area contributed by atoms with Gasteiger partial charge in [0.1, 0.15) is 5.82 Å². The van der Waals surface area contributed by atoms with Crippen LogP contribution in [0.1, 0.15) is 44.5 Å². The summed E-state index contributed by atoms with van der Waals surface area (Å²) in [5.74, 6) is -1.02. The summed E-state index contributed by atoms with van der Waals surface area (Å²) < 4.78 is 7.10. The summed E-state index contributed by atoms with van der Waals surface area (Å²) in [6.07, 6.45) is 0.780. The Kier molecular flexibility index (Phi) is 7.22. The maximum atomic E-state index is 13.2. The zero-order valence-corrected chi connectivity index (χ0v) is 19.6. The number of ether oxygens (including phenoxy) is 1. The van der Waals surface area contributed by atoms with E-state index in [2.05, 4.69) is 26.0 Å². The molecule has 10 nitrogen and oxygen atoms in total. The van der Waals surface area contributed by atoms with Crippen LogP contribution in [0.2, 0.25) is 0 Å². The van der Waals surface area contributed by atoms with E-state index >= 15 is 0 Å². The molecule has 2 aromatic carbocycles. The van der Waals surface area contributed by atoms with Crippen molar-refractivity contribution in [1.29, 1.82) is 0 Å². The Morgan fingerprint density at radius 3 is 2.70 bits per heavy atom. The number of benzene rings is 2. The first kappa shape index (κ1) is 24.1. The van der Waals surface area contributed by atoms with E-state index < -0.39 is 22.7 Å². The van der Waals surface area contributed by atoms with Crippen LogP contribution in [0.25, 0.3) is 10.9 Å². The standard InChI is InChI=1S/C22H21BrN4O6/c1-4-12(2)20-25-17-7-6-15(23)10-16(17)21(28)26(20)24-11-14-5-8-19(18(9-14)27(31)32)33-13(3)22(29)30/h5-13H,4H2,1-3H3,(H,29,30)/t12-,13+/m0/s1. The van der Waals surface area contributed by atoms with E-state index in [1.54, 1.807) is 18.2 Å².